The zero-order chi connectivity index (χ0) is 28.3. The number of para-hydroxylation sites is 2. The molecule has 0 saturated heterocycles. The molecule has 0 aliphatic heterocycles. The third-order valence-electron chi connectivity index (χ3n) is 8.22. The lowest BCUT2D eigenvalue weighted by atomic mass is 9.79. The molecule has 0 radical (unpaired) electrons. The van der Waals surface area contributed by atoms with Crippen LogP contribution in [0.4, 0.5) is 0 Å². The molecule has 0 N–H and O–H groups in total. The van der Waals surface area contributed by atoms with Gasteiger partial charge in [0, 0.05) is 22.0 Å². The maximum atomic E-state index is 2.55. The molecule has 5 rings (SSSR count). The van der Waals surface area contributed by atoms with Crippen LogP contribution in [0.5, 0.6) is 0 Å². The highest BCUT2D eigenvalue weighted by Crippen LogP contribution is 2.42. The average molecular weight is 516 g/mol. The molecular formula is C38H45N. The molecule has 39 heavy (non-hydrogen) atoms. The Kier molecular flexibility index (Phi) is 6.57. The quantitative estimate of drug-likeness (QED) is 0.225. The fourth-order valence-corrected chi connectivity index (χ4v) is 6.01. The van der Waals surface area contributed by atoms with Gasteiger partial charge in [0.05, 0.1) is 11.0 Å². The number of nitrogens with zero attached hydrogens (tertiary/aromatic N) is 1. The Morgan fingerprint density at radius 2 is 1.18 bits per heavy atom. The Hall–Kier alpha value is -3.32. The van der Waals surface area contributed by atoms with E-state index in [0.717, 1.165) is 6.42 Å². The number of benzene rings is 4. The Bertz CT molecular complexity index is 1640. The third kappa shape index (κ3) is 4.82. The van der Waals surface area contributed by atoms with Crippen LogP contribution in [0.25, 0.3) is 38.6 Å². The van der Waals surface area contributed by atoms with E-state index in [1.54, 1.807) is 0 Å². The Labute approximate surface area is 235 Å². The van der Waals surface area contributed by atoms with Crippen LogP contribution in [0.3, 0.4) is 0 Å². The summed E-state index contributed by atoms with van der Waals surface area (Å²) in [6, 6.07) is 29.9. The Balaban J connectivity index is 1.95. The van der Waals surface area contributed by atoms with Gasteiger partial charge in [0.25, 0.3) is 0 Å². The topological polar surface area (TPSA) is 4.93 Å². The zero-order valence-corrected chi connectivity index (χ0v) is 25.7. The molecule has 0 aliphatic rings. The van der Waals surface area contributed by atoms with E-state index in [0.29, 0.717) is 0 Å². The van der Waals surface area contributed by atoms with E-state index in [2.05, 4.69) is 153 Å². The molecule has 0 unspecified atom stereocenters. The van der Waals surface area contributed by atoms with Gasteiger partial charge in [0.15, 0.2) is 0 Å². The van der Waals surface area contributed by atoms with E-state index >= 15 is 0 Å². The van der Waals surface area contributed by atoms with Crippen LogP contribution >= 0.6 is 0 Å². The number of fused-ring (bicyclic) bond motifs is 3. The fraction of sp³-hybridized carbons (Fsp3) is 0.368. The third-order valence-corrected chi connectivity index (χ3v) is 8.22. The van der Waals surface area contributed by atoms with Crippen LogP contribution < -0.4 is 0 Å². The van der Waals surface area contributed by atoms with Crippen molar-refractivity contribution in [3.05, 3.63) is 101 Å². The minimum atomic E-state index is 0.0625. The first-order valence-electron chi connectivity index (χ1n) is 14.5. The van der Waals surface area contributed by atoms with Crippen LogP contribution in [0.2, 0.25) is 0 Å². The van der Waals surface area contributed by atoms with E-state index in [1.807, 2.05) is 0 Å². The van der Waals surface area contributed by atoms with Crippen molar-refractivity contribution >= 4 is 21.8 Å². The normalized spacial score (nSPS) is 13.0. The van der Waals surface area contributed by atoms with Gasteiger partial charge in [0.2, 0.25) is 0 Å². The first-order valence-corrected chi connectivity index (χ1v) is 14.5. The van der Waals surface area contributed by atoms with Crippen LogP contribution in [0.1, 0.15) is 91.5 Å². The Morgan fingerprint density at radius 3 is 1.77 bits per heavy atom. The van der Waals surface area contributed by atoms with E-state index in [-0.39, 0.29) is 16.2 Å². The predicted molar refractivity (Wildman–Crippen MR) is 172 cm³/mol. The van der Waals surface area contributed by atoms with Crippen molar-refractivity contribution < 1.29 is 0 Å². The minimum Gasteiger partial charge on any atom is -0.308 e. The first kappa shape index (κ1) is 27.3. The summed E-state index contributed by atoms with van der Waals surface area (Å²) >= 11 is 0. The molecule has 0 saturated carbocycles. The number of hydrogen-bond acceptors (Lipinski definition) is 0. The van der Waals surface area contributed by atoms with Crippen molar-refractivity contribution in [2.45, 2.75) is 91.9 Å². The summed E-state index contributed by atoms with van der Waals surface area (Å²) in [7, 11) is 0. The summed E-state index contributed by atoms with van der Waals surface area (Å²) in [5, 5.41) is 2.62. The molecule has 0 atom stereocenters. The maximum Gasteiger partial charge on any atom is 0.0619 e. The van der Waals surface area contributed by atoms with Gasteiger partial charge >= 0.3 is 0 Å². The molecule has 0 bridgehead atoms. The molecule has 0 spiro atoms. The molecule has 0 aliphatic carbocycles. The number of aromatic nitrogens is 1. The lowest BCUT2D eigenvalue weighted by Gasteiger charge is -2.27. The standard InChI is InChI=1S/C38H45N/c1-11-28-32(38(8,9)10)19-15-21-33(28)39-34-20-13-12-16-30(34)31-18-14-17-29(35(31)39)25-22-26(36(2,3)4)24-27(23-25)37(5,6)7/h12-24H,11H2,1-10H3. The molecule has 1 heterocycles. The van der Waals surface area contributed by atoms with E-state index in [4.69, 9.17) is 0 Å². The van der Waals surface area contributed by atoms with Gasteiger partial charge in [0.1, 0.15) is 0 Å². The molecule has 202 valence electrons. The summed E-state index contributed by atoms with van der Waals surface area (Å²) in [5.74, 6) is 0. The van der Waals surface area contributed by atoms with Crippen molar-refractivity contribution in [3.63, 3.8) is 0 Å². The van der Waals surface area contributed by atoms with Gasteiger partial charge in [-0.3, -0.25) is 0 Å². The van der Waals surface area contributed by atoms with Gasteiger partial charge < -0.3 is 4.57 Å². The fourth-order valence-electron chi connectivity index (χ4n) is 6.01. The smallest absolute Gasteiger partial charge is 0.0619 e. The molecule has 1 aromatic heterocycles. The second-order valence-electron chi connectivity index (χ2n) is 14.3. The summed E-state index contributed by atoms with van der Waals surface area (Å²) in [4.78, 5) is 0. The van der Waals surface area contributed by atoms with E-state index in [1.165, 1.54) is 60.9 Å². The lowest BCUT2D eigenvalue weighted by molar-refractivity contribution is 0.569. The SMILES string of the molecule is CCc1c(-n2c3ccccc3c3cccc(-c4cc(C(C)(C)C)cc(C(C)(C)C)c4)c32)cccc1C(C)(C)C. The van der Waals surface area contributed by atoms with E-state index < -0.39 is 0 Å². The summed E-state index contributed by atoms with van der Waals surface area (Å²) in [6.07, 6.45) is 0.993. The number of rotatable bonds is 3. The monoisotopic (exact) mass is 515 g/mol. The molecule has 4 aromatic carbocycles. The molecule has 1 nitrogen and oxygen atoms in total. The highest BCUT2D eigenvalue weighted by Gasteiger charge is 2.25. The maximum absolute atomic E-state index is 2.55. The van der Waals surface area contributed by atoms with Crippen LogP contribution in [0, 0.1) is 0 Å². The van der Waals surface area contributed by atoms with Crippen LogP contribution in [-0.2, 0) is 22.7 Å². The average Bonchev–Trinajstić information content (AvgIpc) is 3.21. The predicted octanol–water partition coefficient (Wildman–Crippen LogP) is 10.9. The molecule has 0 fully saturated rings. The minimum absolute atomic E-state index is 0.0625. The molecular weight excluding hydrogens is 470 g/mol. The van der Waals surface area contributed by atoms with Gasteiger partial charge in [-0.05, 0) is 62.6 Å². The van der Waals surface area contributed by atoms with Gasteiger partial charge in [-0.1, -0.05) is 136 Å². The van der Waals surface area contributed by atoms with Gasteiger partial charge in [-0.25, -0.2) is 0 Å². The molecule has 5 aromatic rings. The lowest BCUT2D eigenvalue weighted by Crippen LogP contribution is -2.16. The van der Waals surface area contributed by atoms with Crippen molar-refractivity contribution in [2.75, 3.05) is 0 Å². The van der Waals surface area contributed by atoms with Gasteiger partial charge in [-0.2, -0.15) is 0 Å². The molecule has 1 heteroatoms. The van der Waals surface area contributed by atoms with E-state index in [9.17, 15) is 0 Å². The summed E-state index contributed by atoms with van der Waals surface area (Å²) in [5.41, 5.74) is 12.3. The summed E-state index contributed by atoms with van der Waals surface area (Å²) in [6.45, 7) is 23.2. The highest BCUT2D eigenvalue weighted by molar-refractivity contribution is 6.13. The van der Waals surface area contributed by atoms with Crippen LogP contribution in [-0.4, -0.2) is 4.57 Å². The van der Waals surface area contributed by atoms with Crippen LogP contribution in [0.15, 0.2) is 78.9 Å². The Morgan fingerprint density at radius 1 is 0.590 bits per heavy atom. The molecule has 0 amide bonds. The summed E-state index contributed by atoms with van der Waals surface area (Å²) < 4.78 is 2.55. The largest absolute Gasteiger partial charge is 0.308 e. The zero-order valence-electron chi connectivity index (χ0n) is 25.7. The van der Waals surface area contributed by atoms with Crippen molar-refractivity contribution in [2.24, 2.45) is 0 Å². The van der Waals surface area contributed by atoms with Crippen molar-refractivity contribution in [1.29, 1.82) is 0 Å². The van der Waals surface area contributed by atoms with Gasteiger partial charge in [-0.15, -0.1) is 0 Å². The first-order chi connectivity index (χ1) is 18.2. The second-order valence-corrected chi connectivity index (χ2v) is 14.3. The second kappa shape index (κ2) is 9.40. The van der Waals surface area contributed by atoms with Crippen molar-refractivity contribution in [3.8, 4) is 16.8 Å². The van der Waals surface area contributed by atoms with Crippen molar-refractivity contribution in [1.82, 2.24) is 4.57 Å². The highest BCUT2D eigenvalue weighted by atomic mass is 15.0. The number of hydrogen-bond donors (Lipinski definition) is 0.